The molecule has 0 aliphatic heterocycles. The number of alkyl halides is 1. The van der Waals surface area contributed by atoms with Gasteiger partial charge >= 0.3 is 5.97 Å². The highest BCUT2D eigenvalue weighted by Gasteiger charge is 2.16. The number of rotatable bonds is 7. The Bertz CT molecular complexity index is 756. The molecule has 0 atom stereocenters. The first-order chi connectivity index (χ1) is 11.7. The second kappa shape index (κ2) is 8.90. The number of hydrogen-bond donors (Lipinski definition) is 0. The molecule has 0 aliphatic rings. The molecule has 0 N–H and O–H groups in total. The molecule has 2 aromatic rings. The van der Waals surface area contributed by atoms with Crippen molar-refractivity contribution in [2.75, 3.05) is 19.1 Å². The summed E-state index contributed by atoms with van der Waals surface area (Å²) in [6.07, 6.45) is 2.29. The Kier molecular flexibility index (Phi) is 6.59. The zero-order valence-corrected chi connectivity index (χ0v) is 14.0. The Morgan fingerprint density at radius 3 is 2.92 bits per heavy atom. The van der Waals surface area contributed by atoms with Crippen LogP contribution in [0.2, 0.25) is 0 Å². The van der Waals surface area contributed by atoms with E-state index >= 15 is 0 Å². The van der Waals surface area contributed by atoms with Gasteiger partial charge in [0.05, 0.1) is 30.0 Å². The van der Waals surface area contributed by atoms with Crippen molar-refractivity contribution in [2.45, 2.75) is 13.3 Å². The van der Waals surface area contributed by atoms with Gasteiger partial charge in [-0.05, 0) is 43.7 Å². The highest BCUT2D eigenvalue weighted by atomic mass is 35.5. The van der Waals surface area contributed by atoms with E-state index in [4.69, 9.17) is 21.1 Å². The number of pyridine rings is 1. The van der Waals surface area contributed by atoms with Crippen LogP contribution in [0.4, 0.5) is 0 Å². The largest absolute Gasteiger partial charge is 0.492 e. The van der Waals surface area contributed by atoms with E-state index in [1.54, 1.807) is 43.5 Å². The van der Waals surface area contributed by atoms with Crippen LogP contribution in [-0.4, -0.2) is 30.0 Å². The van der Waals surface area contributed by atoms with Crippen LogP contribution in [0.5, 0.6) is 5.75 Å². The van der Waals surface area contributed by atoms with Crippen molar-refractivity contribution >= 4 is 17.6 Å². The zero-order chi connectivity index (χ0) is 17.4. The first-order valence-corrected chi connectivity index (χ1v) is 8.10. The smallest absolute Gasteiger partial charge is 0.340 e. The third-order valence-electron chi connectivity index (χ3n) is 3.21. The second-order valence-corrected chi connectivity index (χ2v) is 5.21. The third-order valence-corrected chi connectivity index (χ3v) is 3.48. The minimum absolute atomic E-state index is 0.282. The fourth-order valence-corrected chi connectivity index (χ4v) is 2.25. The summed E-state index contributed by atoms with van der Waals surface area (Å²) >= 11 is 5.62. The molecule has 1 aromatic carbocycles. The maximum absolute atomic E-state index is 12.1. The molecule has 0 saturated heterocycles. The van der Waals surface area contributed by atoms with Crippen molar-refractivity contribution in [3.05, 3.63) is 47.7 Å². The molecule has 0 amide bonds. The first-order valence-electron chi connectivity index (χ1n) is 7.56. The van der Waals surface area contributed by atoms with Crippen molar-refractivity contribution in [3.63, 3.8) is 0 Å². The molecule has 1 heterocycles. The predicted molar refractivity (Wildman–Crippen MR) is 91.2 cm³/mol. The Morgan fingerprint density at radius 2 is 2.21 bits per heavy atom. The van der Waals surface area contributed by atoms with Gasteiger partial charge < -0.3 is 9.47 Å². The topological polar surface area (TPSA) is 72.2 Å². The minimum atomic E-state index is -0.443. The number of esters is 1. The molecule has 0 fully saturated rings. The quantitative estimate of drug-likeness (QED) is 0.434. The van der Waals surface area contributed by atoms with Crippen LogP contribution in [0.25, 0.3) is 11.3 Å². The number of nitrogens with zero attached hydrogens (tertiary/aromatic N) is 2. The van der Waals surface area contributed by atoms with E-state index in [1.807, 2.05) is 0 Å². The van der Waals surface area contributed by atoms with Crippen molar-refractivity contribution in [1.82, 2.24) is 4.98 Å². The lowest BCUT2D eigenvalue weighted by molar-refractivity contribution is 0.0527. The third kappa shape index (κ3) is 4.24. The molecule has 0 radical (unpaired) electrons. The van der Waals surface area contributed by atoms with Gasteiger partial charge in [-0.2, -0.15) is 5.26 Å². The minimum Gasteiger partial charge on any atom is -0.492 e. The van der Waals surface area contributed by atoms with Gasteiger partial charge in [-0.25, -0.2) is 4.79 Å². The molecule has 0 aliphatic carbocycles. The molecule has 0 spiro atoms. The average Bonchev–Trinajstić information content (AvgIpc) is 2.62. The Labute approximate surface area is 145 Å². The Balaban J connectivity index is 2.37. The van der Waals surface area contributed by atoms with E-state index in [0.29, 0.717) is 47.0 Å². The molecule has 1 aromatic heterocycles. The van der Waals surface area contributed by atoms with E-state index in [0.717, 1.165) is 0 Å². The van der Waals surface area contributed by atoms with Crippen molar-refractivity contribution in [1.29, 1.82) is 5.26 Å². The van der Waals surface area contributed by atoms with E-state index in [2.05, 4.69) is 11.1 Å². The fraction of sp³-hybridized carbons (Fsp3) is 0.278. The monoisotopic (exact) mass is 344 g/mol. The number of benzene rings is 1. The van der Waals surface area contributed by atoms with Gasteiger partial charge in [0.15, 0.2) is 0 Å². The van der Waals surface area contributed by atoms with E-state index in [9.17, 15) is 10.1 Å². The van der Waals surface area contributed by atoms with Gasteiger partial charge in [0, 0.05) is 17.6 Å². The molecule has 2 rings (SSSR count). The summed E-state index contributed by atoms with van der Waals surface area (Å²) in [5.41, 5.74) is 1.86. The molecule has 124 valence electrons. The standard InChI is InChI=1S/C18H17ClN2O3/c1-2-23-18(22)15-5-3-9-21-17(15)13-6-7-16(14(11-13)12-20)24-10-4-8-19/h3,5-7,9,11H,2,4,8,10H2,1H3. The van der Waals surface area contributed by atoms with Gasteiger partial charge in [-0.3, -0.25) is 4.98 Å². The van der Waals surface area contributed by atoms with Gasteiger partial charge in [-0.15, -0.1) is 11.6 Å². The van der Waals surface area contributed by atoms with Gasteiger partial charge in [0.1, 0.15) is 11.8 Å². The number of halogens is 1. The highest BCUT2D eigenvalue weighted by Crippen LogP contribution is 2.27. The van der Waals surface area contributed by atoms with Gasteiger partial charge in [0.25, 0.3) is 0 Å². The fourth-order valence-electron chi connectivity index (χ4n) is 2.14. The van der Waals surface area contributed by atoms with Crippen molar-refractivity contribution in [3.8, 4) is 23.1 Å². The summed E-state index contributed by atoms with van der Waals surface area (Å²) in [5, 5.41) is 9.34. The maximum atomic E-state index is 12.1. The van der Waals surface area contributed by atoms with E-state index < -0.39 is 5.97 Å². The molecular weight excluding hydrogens is 328 g/mol. The van der Waals surface area contributed by atoms with Crippen LogP contribution >= 0.6 is 11.6 Å². The Hall–Kier alpha value is -2.58. The first kappa shape index (κ1) is 17.8. The van der Waals surface area contributed by atoms with Crippen LogP contribution < -0.4 is 4.74 Å². The SMILES string of the molecule is CCOC(=O)c1cccnc1-c1ccc(OCCCCl)c(C#N)c1. The average molecular weight is 345 g/mol. The lowest BCUT2D eigenvalue weighted by Gasteiger charge is -2.11. The number of carbonyl (C=O) groups is 1. The van der Waals surface area contributed by atoms with E-state index in [-0.39, 0.29) is 6.61 Å². The second-order valence-electron chi connectivity index (χ2n) is 4.83. The van der Waals surface area contributed by atoms with Crippen molar-refractivity contribution < 1.29 is 14.3 Å². The van der Waals surface area contributed by atoms with Gasteiger partial charge in [0.2, 0.25) is 0 Å². The summed E-state index contributed by atoms with van der Waals surface area (Å²) in [6, 6.07) is 10.5. The normalized spacial score (nSPS) is 10.0. The number of ether oxygens (including phenoxy) is 2. The van der Waals surface area contributed by atoms with Gasteiger partial charge in [-0.1, -0.05) is 0 Å². The number of hydrogen-bond acceptors (Lipinski definition) is 5. The molecule has 5 nitrogen and oxygen atoms in total. The highest BCUT2D eigenvalue weighted by molar-refractivity contribution is 6.17. The van der Waals surface area contributed by atoms with Crippen molar-refractivity contribution in [2.24, 2.45) is 0 Å². The van der Waals surface area contributed by atoms with Crippen LogP contribution in [0.1, 0.15) is 29.3 Å². The molecular formula is C18H17ClN2O3. The molecule has 24 heavy (non-hydrogen) atoms. The number of carbonyl (C=O) groups excluding carboxylic acids is 1. The molecule has 0 unspecified atom stereocenters. The molecule has 0 saturated carbocycles. The summed E-state index contributed by atoms with van der Waals surface area (Å²) < 4.78 is 10.6. The maximum Gasteiger partial charge on any atom is 0.340 e. The van der Waals surface area contributed by atoms with Crippen LogP contribution in [0.15, 0.2) is 36.5 Å². The zero-order valence-electron chi connectivity index (χ0n) is 13.3. The lowest BCUT2D eigenvalue weighted by Crippen LogP contribution is -2.07. The van der Waals surface area contributed by atoms with Crippen LogP contribution in [0, 0.1) is 11.3 Å². The molecule has 0 bridgehead atoms. The number of aromatic nitrogens is 1. The predicted octanol–water partition coefficient (Wildman–Crippen LogP) is 3.80. The molecule has 6 heteroatoms. The lowest BCUT2D eigenvalue weighted by atomic mass is 10.0. The summed E-state index contributed by atoms with van der Waals surface area (Å²) in [4.78, 5) is 16.3. The van der Waals surface area contributed by atoms with Crippen LogP contribution in [0.3, 0.4) is 0 Å². The number of nitriles is 1. The summed E-state index contributed by atoms with van der Waals surface area (Å²) in [6.45, 7) is 2.47. The van der Waals surface area contributed by atoms with E-state index in [1.165, 1.54) is 0 Å². The Morgan fingerprint density at radius 1 is 1.38 bits per heavy atom. The summed E-state index contributed by atoms with van der Waals surface area (Å²) in [7, 11) is 0. The van der Waals surface area contributed by atoms with Crippen LogP contribution in [-0.2, 0) is 4.74 Å². The summed E-state index contributed by atoms with van der Waals surface area (Å²) in [5.74, 6) is 0.540.